The number of aromatic nitrogens is 1. The molecule has 19 heavy (non-hydrogen) atoms. The minimum atomic E-state index is 0.555. The lowest BCUT2D eigenvalue weighted by molar-refractivity contribution is 0.302. The molecule has 1 atom stereocenters. The van der Waals surface area contributed by atoms with Crippen molar-refractivity contribution in [3.63, 3.8) is 0 Å². The summed E-state index contributed by atoms with van der Waals surface area (Å²) in [6, 6.07) is 8.41. The van der Waals surface area contributed by atoms with Crippen molar-refractivity contribution in [2.75, 3.05) is 0 Å². The van der Waals surface area contributed by atoms with Crippen molar-refractivity contribution < 1.29 is 4.74 Å². The monoisotopic (exact) mass is 275 g/mol. The summed E-state index contributed by atoms with van der Waals surface area (Å²) in [7, 11) is 0. The molecule has 0 spiro atoms. The van der Waals surface area contributed by atoms with E-state index in [1.165, 1.54) is 17.0 Å². The molecule has 2 nitrogen and oxygen atoms in total. The summed E-state index contributed by atoms with van der Waals surface area (Å²) in [6.45, 7) is 7.14. The lowest BCUT2D eigenvalue weighted by Gasteiger charge is -2.10. The number of ether oxygens (including phenoxy) is 1. The Balaban J connectivity index is 1.92. The number of thiazole rings is 1. The van der Waals surface area contributed by atoms with E-state index in [0.717, 1.165) is 17.9 Å². The van der Waals surface area contributed by atoms with Gasteiger partial charge in [0, 0.05) is 5.38 Å². The maximum atomic E-state index is 5.76. The zero-order valence-corrected chi connectivity index (χ0v) is 12.7. The number of hydrogen-bond acceptors (Lipinski definition) is 3. The topological polar surface area (TPSA) is 22.1 Å². The van der Waals surface area contributed by atoms with Gasteiger partial charge in [0.2, 0.25) is 0 Å². The van der Waals surface area contributed by atoms with Crippen LogP contribution >= 0.6 is 11.3 Å². The van der Waals surface area contributed by atoms with Crippen molar-refractivity contribution in [2.45, 2.75) is 46.1 Å². The van der Waals surface area contributed by atoms with Gasteiger partial charge in [0.15, 0.2) is 0 Å². The summed E-state index contributed by atoms with van der Waals surface area (Å²) in [4.78, 5) is 4.50. The van der Waals surface area contributed by atoms with Crippen LogP contribution in [-0.2, 0) is 13.0 Å². The normalized spacial score (nSPS) is 12.4. The first-order valence-electron chi connectivity index (χ1n) is 6.89. The lowest BCUT2D eigenvalue weighted by atomic mass is 9.99. The van der Waals surface area contributed by atoms with Crippen LogP contribution in [0, 0.1) is 0 Å². The van der Waals surface area contributed by atoms with E-state index in [4.69, 9.17) is 4.74 Å². The van der Waals surface area contributed by atoms with Gasteiger partial charge in [0.05, 0.1) is 10.7 Å². The zero-order chi connectivity index (χ0) is 13.7. The van der Waals surface area contributed by atoms with E-state index >= 15 is 0 Å². The highest BCUT2D eigenvalue weighted by molar-refractivity contribution is 7.09. The average molecular weight is 275 g/mol. The van der Waals surface area contributed by atoms with Crippen molar-refractivity contribution in [1.82, 2.24) is 4.98 Å². The molecular formula is C16H21NOS. The Hall–Kier alpha value is -1.35. The second-order valence-electron chi connectivity index (χ2n) is 4.75. The van der Waals surface area contributed by atoms with E-state index in [-0.39, 0.29) is 0 Å². The second-order valence-corrected chi connectivity index (χ2v) is 5.70. The highest BCUT2D eigenvalue weighted by Gasteiger charge is 2.04. The molecule has 0 fully saturated rings. The van der Waals surface area contributed by atoms with Crippen LogP contribution in [0.3, 0.4) is 0 Å². The first-order chi connectivity index (χ1) is 9.22. The number of hydrogen-bond donors (Lipinski definition) is 0. The molecule has 1 aromatic heterocycles. The maximum absolute atomic E-state index is 5.76. The van der Waals surface area contributed by atoms with Crippen molar-refractivity contribution in [3.05, 3.63) is 45.9 Å². The Morgan fingerprint density at radius 3 is 2.53 bits per heavy atom. The fourth-order valence-corrected chi connectivity index (χ4v) is 2.59. The first-order valence-corrected chi connectivity index (χ1v) is 7.77. The Morgan fingerprint density at radius 2 is 1.95 bits per heavy atom. The third-order valence-corrected chi connectivity index (χ3v) is 4.39. The highest BCUT2D eigenvalue weighted by atomic mass is 32.1. The van der Waals surface area contributed by atoms with E-state index in [2.05, 4.69) is 55.4 Å². The van der Waals surface area contributed by atoms with E-state index in [1.807, 2.05) is 0 Å². The zero-order valence-electron chi connectivity index (χ0n) is 11.8. The summed E-state index contributed by atoms with van der Waals surface area (Å²) < 4.78 is 5.76. The molecule has 0 amide bonds. The third-order valence-electron chi connectivity index (χ3n) is 3.35. The molecule has 0 saturated carbocycles. The fourth-order valence-electron chi connectivity index (χ4n) is 1.86. The minimum Gasteiger partial charge on any atom is -0.487 e. The van der Waals surface area contributed by atoms with Gasteiger partial charge in [0.1, 0.15) is 12.4 Å². The van der Waals surface area contributed by atoms with Gasteiger partial charge in [-0.05, 0) is 36.5 Å². The van der Waals surface area contributed by atoms with Crippen molar-refractivity contribution in [2.24, 2.45) is 0 Å². The predicted octanol–water partition coefficient (Wildman–Crippen LogP) is 4.80. The van der Waals surface area contributed by atoms with Crippen LogP contribution < -0.4 is 4.74 Å². The van der Waals surface area contributed by atoms with Crippen LogP contribution in [0.1, 0.15) is 49.4 Å². The molecule has 0 saturated heterocycles. The molecule has 1 aromatic carbocycles. The molecule has 102 valence electrons. The van der Waals surface area contributed by atoms with Gasteiger partial charge in [-0.25, -0.2) is 4.98 Å². The molecule has 0 aliphatic rings. The van der Waals surface area contributed by atoms with E-state index in [9.17, 15) is 0 Å². The predicted molar refractivity (Wildman–Crippen MR) is 81.0 cm³/mol. The molecule has 3 heteroatoms. The molecule has 2 aromatic rings. The van der Waals surface area contributed by atoms with Gasteiger partial charge in [-0.15, -0.1) is 11.3 Å². The van der Waals surface area contributed by atoms with Gasteiger partial charge < -0.3 is 4.74 Å². The summed E-state index contributed by atoms with van der Waals surface area (Å²) >= 11 is 1.70. The summed E-state index contributed by atoms with van der Waals surface area (Å²) in [5.74, 6) is 1.53. The Morgan fingerprint density at radius 1 is 1.21 bits per heavy atom. The van der Waals surface area contributed by atoms with Crippen LogP contribution in [0.25, 0.3) is 0 Å². The molecule has 0 bridgehead atoms. The number of benzene rings is 1. The summed E-state index contributed by atoms with van der Waals surface area (Å²) in [5.41, 5.74) is 2.39. The molecular weight excluding hydrogens is 254 g/mol. The molecule has 1 unspecified atom stereocenters. The standard InChI is InChI=1S/C16H21NOS/c1-4-12(3)13-6-8-15(9-7-13)18-10-14-11-19-16(5-2)17-14/h6-9,11-12H,4-5,10H2,1-3H3. The Labute approximate surface area is 119 Å². The van der Waals surface area contributed by atoms with Crippen molar-refractivity contribution >= 4 is 11.3 Å². The Kier molecular flexibility index (Phi) is 4.97. The highest BCUT2D eigenvalue weighted by Crippen LogP contribution is 2.22. The smallest absolute Gasteiger partial charge is 0.131 e. The van der Waals surface area contributed by atoms with Gasteiger partial charge >= 0.3 is 0 Å². The molecule has 0 N–H and O–H groups in total. The van der Waals surface area contributed by atoms with Gasteiger partial charge in [-0.2, -0.15) is 0 Å². The quantitative estimate of drug-likeness (QED) is 0.755. The van der Waals surface area contributed by atoms with Crippen LogP contribution in [-0.4, -0.2) is 4.98 Å². The van der Waals surface area contributed by atoms with E-state index < -0.39 is 0 Å². The number of nitrogens with zero attached hydrogens (tertiary/aromatic N) is 1. The molecule has 2 rings (SSSR count). The SMILES string of the molecule is CCc1nc(COc2ccc(C(C)CC)cc2)cs1. The van der Waals surface area contributed by atoms with Gasteiger partial charge in [-0.3, -0.25) is 0 Å². The molecule has 0 aliphatic heterocycles. The van der Waals surface area contributed by atoms with Gasteiger partial charge in [0.25, 0.3) is 0 Å². The molecule has 0 radical (unpaired) electrons. The van der Waals surface area contributed by atoms with Gasteiger partial charge in [-0.1, -0.05) is 32.9 Å². The van der Waals surface area contributed by atoms with Crippen LogP contribution in [0.2, 0.25) is 0 Å². The number of aryl methyl sites for hydroxylation is 1. The maximum Gasteiger partial charge on any atom is 0.131 e. The van der Waals surface area contributed by atoms with Crippen LogP contribution in [0.4, 0.5) is 0 Å². The first kappa shape index (κ1) is 14.1. The average Bonchev–Trinajstić information content (AvgIpc) is 2.93. The van der Waals surface area contributed by atoms with E-state index in [1.54, 1.807) is 11.3 Å². The Bertz CT molecular complexity index is 504. The van der Waals surface area contributed by atoms with Crippen molar-refractivity contribution in [1.29, 1.82) is 0 Å². The lowest BCUT2D eigenvalue weighted by Crippen LogP contribution is -1.97. The summed E-state index contributed by atoms with van der Waals surface area (Å²) in [6.07, 6.45) is 2.16. The van der Waals surface area contributed by atoms with Crippen LogP contribution in [0.5, 0.6) is 5.75 Å². The van der Waals surface area contributed by atoms with Crippen molar-refractivity contribution in [3.8, 4) is 5.75 Å². The van der Waals surface area contributed by atoms with Crippen LogP contribution in [0.15, 0.2) is 29.6 Å². The molecule has 1 heterocycles. The third kappa shape index (κ3) is 3.80. The number of rotatable bonds is 6. The molecule has 0 aliphatic carbocycles. The minimum absolute atomic E-state index is 0.555. The fraction of sp³-hybridized carbons (Fsp3) is 0.438. The summed E-state index contributed by atoms with van der Waals surface area (Å²) in [5, 5.41) is 3.25. The second kappa shape index (κ2) is 6.71. The largest absolute Gasteiger partial charge is 0.487 e. The van der Waals surface area contributed by atoms with E-state index in [0.29, 0.717) is 12.5 Å².